The molecule has 0 atom stereocenters. The van der Waals surface area contributed by atoms with E-state index in [0.29, 0.717) is 34.2 Å². The minimum atomic E-state index is -0.0588. The van der Waals surface area contributed by atoms with Crippen molar-refractivity contribution in [2.75, 3.05) is 14.1 Å². The van der Waals surface area contributed by atoms with E-state index in [0.717, 1.165) is 5.56 Å². The van der Waals surface area contributed by atoms with Crippen LogP contribution in [0.2, 0.25) is 0 Å². The van der Waals surface area contributed by atoms with Gasteiger partial charge in [0.25, 0.3) is 17.7 Å². The molecule has 0 aliphatic heterocycles. The second kappa shape index (κ2) is 8.97. The molecule has 2 aromatic carbocycles. The summed E-state index contributed by atoms with van der Waals surface area (Å²) in [4.78, 5) is 22.5. The largest absolute Gasteiger partial charge is 0.490 e. The first kappa shape index (κ1) is 21.2. The van der Waals surface area contributed by atoms with Gasteiger partial charge in [0.05, 0.1) is 29.8 Å². The summed E-state index contributed by atoms with van der Waals surface area (Å²) in [5, 5.41) is 8.32. The van der Waals surface area contributed by atoms with Crippen molar-refractivity contribution < 1.29 is 13.9 Å². The molecule has 4 rings (SSSR count). The van der Waals surface area contributed by atoms with E-state index in [2.05, 4.69) is 20.2 Å². The molecular formula is C24H23N5O3. The Kier molecular flexibility index (Phi) is 5.93. The summed E-state index contributed by atoms with van der Waals surface area (Å²) in [5.41, 5.74) is 3.23. The average Bonchev–Trinajstić information content (AvgIpc) is 3.29. The average molecular weight is 429 g/mol. The van der Waals surface area contributed by atoms with Crippen molar-refractivity contribution in [1.29, 1.82) is 0 Å². The van der Waals surface area contributed by atoms with E-state index in [4.69, 9.17) is 9.15 Å². The highest BCUT2D eigenvalue weighted by atomic mass is 16.5. The molecule has 8 heteroatoms. The lowest BCUT2D eigenvalue weighted by Gasteiger charge is -2.11. The molecule has 0 N–H and O–H groups in total. The molecule has 4 aromatic rings. The number of benzene rings is 2. The van der Waals surface area contributed by atoms with Crippen molar-refractivity contribution in [2.45, 2.75) is 20.0 Å². The zero-order valence-corrected chi connectivity index (χ0v) is 18.3. The van der Waals surface area contributed by atoms with Crippen LogP contribution in [0.1, 0.15) is 24.2 Å². The van der Waals surface area contributed by atoms with Crippen molar-refractivity contribution in [3.63, 3.8) is 0 Å². The van der Waals surface area contributed by atoms with E-state index in [1.807, 2.05) is 50.2 Å². The fraction of sp³-hybridized carbons (Fsp3) is 0.208. The van der Waals surface area contributed by atoms with Crippen molar-refractivity contribution in [2.24, 2.45) is 0 Å². The smallest absolute Gasteiger partial charge is 0.268 e. The molecule has 0 fully saturated rings. The van der Waals surface area contributed by atoms with Crippen LogP contribution in [0.25, 0.3) is 34.3 Å². The molecular weight excluding hydrogens is 406 g/mol. The Morgan fingerprint density at radius 3 is 2.34 bits per heavy atom. The third kappa shape index (κ3) is 4.49. The minimum absolute atomic E-state index is 0.0143. The Morgan fingerprint density at radius 2 is 1.62 bits per heavy atom. The summed E-state index contributed by atoms with van der Waals surface area (Å²) < 4.78 is 11.7. The number of amides is 1. The fourth-order valence-electron chi connectivity index (χ4n) is 3.09. The summed E-state index contributed by atoms with van der Waals surface area (Å²) >= 11 is 0. The number of nitrogens with zero attached hydrogens (tertiary/aromatic N) is 5. The number of hydrogen-bond acceptors (Lipinski definition) is 7. The fourth-order valence-corrected chi connectivity index (χ4v) is 3.09. The van der Waals surface area contributed by atoms with Gasteiger partial charge < -0.3 is 14.1 Å². The summed E-state index contributed by atoms with van der Waals surface area (Å²) in [6.07, 6.45) is 3.23. The summed E-state index contributed by atoms with van der Waals surface area (Å²) in [5.74, 6) is 1.21. The van der Waals surface area contributed by atoms with Crippen LogP contribution < -0.4 is 4.74 Å². The molecule has 0 bridgehead atoms. The van der Waals surface area contributed by atoms with Crippen LogP contribution >= 0.6 is 0 Å². The molecule has 0 radical (unpaired) electrons. The second-order valence-corrected chi connectivity index (χ2v) is 7.64. The summed E-state index contributed by atoms with van der Waals surface area (Å²) in [7, 11) is 3.44. The monoisotopic (exact) mass is 429 g/mol. The standard InChI is InChI=1S/C24H23N5O3/c1-15(2)31-21-8-6-5-7-18(21)22-27-28-23(32-22)20-14-25-13-19(26-20)16-9-11-17(12-10-16)24(30)29(3)4/h5-15H,1-4H3. The Balaban J connectivity index is 1.62. The van der Waals surface area contributed by atoms with Gasteiger partial charge in [0.2, 0.25) is 0 Å². The van der Waals surface area contributed by atoms with Crippen LogP contribution in [0.3, 0.4) is 0 Å². The predicted octanol–water partition coefficient (Wildman–Crippen LogP) is 4.35. The van der Waals surface area contributed by atoms with E-state index in [1.54, 1.807) is 38.6 Å². The minimum Gasteiger partial charge on any atom is -0.490 e. The highest BCUT2D eigenvalue weighted by Gasteiger charge is 2.17. The Hall–Kier alpha value is -4.07. The van der Waals surface area contributed by atoms with E-state index < -0.39 is 0 Å². The number of rotatable bonds is 6. The lowest BCUT2D eigenvalue weighted by molar-refractivity contribution is 0.0827. The molecule has 162 valence electrons. The molecule has 8 nitrogen and oxygen atoms in total. The van der Waals surface area contributed by atoms with Crippen molar-refractivity contribution in [3.05, 3.63) is 66.5 Å². The number of ether oxygens (including phenoxy) is 1. The third-order valence-corrected chi connectivity index (χ3v) is 4.59. The molecule has 0 spiro atoms. The van der Waals surface area contributed by atoms with Crippen LogP contribution in [0.15, 0.2) is 65.3 Å². The topological polar surface area (TPSA) is 94.2 Å². The highest BCUT2D eigenvalue weighted by Crippen LogP contribution is 2.31. The predicted molar refractivity (Wildman–Crippen MR) is 120 cm³/mol. The van der Waals surface area contributed by atoms with Crippen molar-refractivity contribution >= 4 is 5.91 Å². The van der Waals surface area contributed by atoms with E-state index in [9.17, 15) is 4.79 Å². The Labute approximate surface area is 185 Å². The molecule has 0 aliphatic rings. The van der Waals surface area contributed by atoms with Crippen LogP contribution in [0.4, 0.5) is 0 Å². The molecule has 0 aliphatic carbocycles. The van der Waals surface area contributed by atoms with Crippen LogP contribution in [0, 0.1) is 0 Å². The maximum Gasteiger partial charge on any atom is 0.268 e. The molecule has 2 aromatic heterocycles. The molecule has 32 heavy (non-hydrogen) atoms. The van der Waals surface area contributed by atoms with Gasteiger partial charge in [0.1, 0.15) is 11.4 Å². The van der Waals surface area contributed by atoms with Crippen LogP contribution in [0.5, 0.6) is 5.75 Å². The van der Waals surface area contributed by atoms with Gasteiger partial charge in [0.15, 0.2) is 0 Å². The number of para-hydroxylation sites is 1. The van der Waals surface area contributed by atoms with Crippen LogP contribution in [-0.4, -0.2) is 51.2 Å². The SMILES string of the molecule is CC(C)Oc1ccccc1-c1nnc(-c2cncc(-c3ccc(C(=O)N(C)C)cc3)n2)o1. The maximum atomic E-state index is 12.1. The Bertz CT molecular complexity index is 1230. The second-order valence-electron chi connectivity index (χ2n) is 7.64. The van der Waals surface area contributed by atoms with Gasteiger partial charge in [-0.1, -0.05) is 24.3 Å². The molecule has 0 saturated heterocycles. The van der Waals surface area contributed by atoms with Crippen LogP contribution in [-0.2, 0) is 0 Å². The molecule has 1 amide bonds. The first-order chi connectivity index (χ1) is 15.4. The van der Waals surface area contributed by atoms with Gasteiger partial charge in [0, 0.05) is 25.2 Å². The zero-order chi connectivity index (χ0) is 22.7. The summed E-state index contributed by atoms with van der Waals surface area (Å²) in [6, 6.07) is 14.7. The first-order valence-corrected chi connectivity index (χ1v) is 10.2. The van der Waals surface area contributed by atoms with Gasteiger partial charge in [-0.2, -0.15) is 0 Å². The van der Waals surface area contributed by atoms with Gasteiger partial charge in [-0.05, 0) is 38.1 Å². The van der Waals surface area contributed by atoms with E-state index >= 15 is 0 Å². The zero-order valence-electron chi connectivity index (χ0n) is 18.3. The lowest BCUT2D eigenvalue weighted by Crippen LogP contribution is -2.21. The highest BCUT2D eigenvalue weighted by molar-refractivity contribution is 5.94. The van der Waals surface area contributed by atoms with E-state index in [1.165, 1.54) is 4.90 Å². The molecule has 2 heterocycles. The third-order valence-electron chi connectivity index (χ3n) is 4.59. The van der Waals surface area contributed by atoms with E-state index in [-0.39, 0.29) is 17.9 Å². The van der Waals surface area contributed by atoms with Gasteiger partial charge >= 0.3 is 0 Å². The number of carbonyl (C=O) groups excluding carboxylic acids is 1. The van der Waals surface area contributed by atoms with Gasteiger partial charge in [-0.15, -0.1) is 10.2 Å². The lowest BCUT2D eigenvalue weighted by atomic mass is 10.1. The molecule has 0 saturated carbocycles. The van der Waals surface area contributed by atoms with Gasteiger partial charge in [-0.3, -0.25) is 9.78 Å². The maximum absolute atomic E-state index is 12.1. The van der Waals surface area contributed by atoms with Crippen molar-refractivity contribution in [1.82, 2.24) is 25.1 Å². The molecule has 0 unspecified atom stereocenters. The van der Waals surface area contributed by atoms with Crippen molar-refractivity contribution in [3.8, 4) is 40.0 Å². The summed E-state index contributed by atoms with van der Waals surface area (Å²) in [6.45, 7) is 3.92. The normalized spacial score (nSPS) is 10.9. The number of carbonyl (C=O) groups is 1. The van der Waals surface area contributed by atoms with Gasteiger partial charge in [-0.25, -0.2) is 4.98 Å². The quantitative estimate of drug-likeness (QED) is 0.450. The number of hydrogen-bond donors (Lipinski definition) is 0. The number of aromatic nitrogens is 4. The Morgan fingerprint density at radius 1 is 0.938 bits per heavy atom. The first-order valence-electron chi connectivity index (χ1n) is 10.2.